The van der Waals surface area contributed by atoms with Gasteiger partial charge in [0.15, 0.2) is 5.69 Å². The van der Waals surface area contributed by atoms with Gasteiger partial charge in [-0.3, -0.25) is 4.68 Å². The van der Waals surface area contributed by atoms with Crippen LogP contribution in [0.25, 0.3) is 0 Å². The highest BCUT2D eigenvalue weighted by Crippen LogP contribution is 2.12. The summed E-state index contributed by atoms with van der Waals surface area (Å²) in [6, 6.07) is 5.59. The zero-order valence-corrected chi connectivity index (χ0v) is 11.1. The number of aromatic carboxylic acids is 1. The second-order valence-electron chi connectivity index (χ2n) is 4.31. The van der Waals surface area contributed by atoms with E-state index in [-0.39, 0.29) is 5.69 Å². The van der Waals surface area contributed by atoms with E-state index in [1.54, 1.807) is 12.1 Å². The number of carboxylic acids is 1. The summed E-state index contributed by atoms with van der Waals surface area (Å²) in [6.45, 7) is 4.56. The number of pyridine rings is 1. The summed E-state index contributed by atoms with van der Waals surface area (Å²) in [4.78, 5) is 15.1. The first-order valence-electron chi connectivity index (χ1n) is 6.38. The van der Waals surface area contributed by atoms with Gasteiger partial charge in [0.2, 0.25) is 0 Å². The summed E-state index contributed by atoms with van der Waals surface area (Å²) in [6.07, 6.45) is 3.24. The lowest BCUT2D eigenvalue weighted by atomic mass is 10.2. The number of hydrogen-bond acceptors (Lipinski definition) is 3. The average Bonchev–Trinajstić information content (AvgIpc) is 2.81. The number of aromatic nitrogens is 3. The Hall–Kier alpha value is -2.17. The van der Waals surface area contributed by atoms with E-state index in [2.05, 4.69) is 30.0 Å². The molecule has 0 bridgehead atoms. The molecule has 2 aromatic rings. The molecular formula is C14H17N3O2. The Bertz CT molecular complexity index is 590. The minimum atomic E-state index is -1.00. The van der Waals surface area contributed by atoms with Crippen LogP contribution in [-0.2, 0) is 19.4 Å². The van der Waals surface area contributed by atoms with Gasteiger partial charge in [-0.25, -0.2) is 9.78 Å². The first-order chi connectivity index (χ1) is 9.15. The van der Waals surface area contributed by atoms with Gasteiger partial charge in [0.05, 0.1) is 12.2 Å². The molecule has 5 nitrogen and oxygen atoms in total. The topological polar surface area (TPSA) is 68.0 Å². The van der Waals surface area contributed by atoms with Crippen LogP contribution in [0.2, 0.25) is 0 Å². The summed E-state index contributed by atoms with van der Waals surface area (Å²) in [5.74, 6) is -1.00. The Kier molecular flexibility index (Phi) is 3.94. The van der Waals surface area contributed by atoms with E-state index in [4.69, 9.17) is 5.11 Å². The Morgan fingerprint density at radius 1 is 1.37 bits per heavy atom. The highest BCUT2D eigenvalue weighted by atomic mass is 16.4. The Balaban J connectivity index is 2.35. The molecule has 0 spiro atoms. The van der Waals surface area contributed by atoms with Gasteiger partial charge in [-0.15, -0.1) is 0 Å². The summed E-state index contributed by atoms with van der Waals surface area (Å²) in [5, 5.41) is 13.6. The fraction of sp³-hybridized carbons (Fsp3) is 0.357. The minimum absolute atomic E-state index is 0.0955. The Morgan fingerprint density at radius 2 is 2.16 bits per heavy atom. The predicted molar refractivity (Wildman–Crippen MR) is 71.3 cm³/mol. The maximum atomic E-state index is 11.1. The van der Waals surface area contributed by atoms with Crippen molar-refractivity contribution in [2.75, 3.05) is 0 Å². The van der Waals surface area contributed by atoms with Gasteiger partial charge in [-0.05, 0) is 25.0 Å². The van der Waals surface area contributed by atoms with Crippen LogP contribution in [0.3, 0.4) is 0 Å². The van der Waals surface area contributed by atoms with Crippen LogP contribution in [0.5, 0.6) is 0 Å². The predicted octanol–water partition coefficient (Wildman–Crippen LogP) is 2.15. The van der Waals surface area contributed by atoms with Gasteiger partial charge >= 0.3 is 5.97 Å². The molecule has 2 heterocycles. The highest BCUT2D eigenvalue weighted by molar-refractivity contribution is 5.86. The second-order valence-corrected chi connectivity index (χ2v) is 4.31. The molecule has 1 N–H and O–H groups in total. The van der Waals surface area contributed by atoms with Crippen molar-refractivity contribution in [1.82, 2.24) is 14.8 Å². The molecule has 0 unspecified atom stereocenters. The molecule has 0 saturated heterocycles. The zero-order chi connectivity index (χ0) is 13.8. The van der Waals surface area contributed by atoms with Gasteiger partial charge in [-0.1, -0.05) is 19.9 Å². The van der Waals surface area contributed by atoms with Crippen molar-refractivity contribution in [3.63, 3.8) is 0 Å². The summed E-state index contributed by atoms with van der Waals surface area (Å²) >= 11 is 0. The van der Waals surface area contributed by atoms with Gasteiger partial charge in [-0.2, -0.15) is 5.10 Å². The normalized spacial score (nSPS) is 10.6. The van der Waals surface area contributed by atoms with Crippen molar-refractivity contribution in [3.05, 3.63) is 47.0 Å². The van der Waals surface area contributed by atoms with Gasteiger partial charge in [0.1, 0.15) is 0 Å². The minimum Gasteiger partial charge on any atom is -0.477 e. The maximum Gasteiger partial charge on any atom is 0.354 e. The fourth-order valence-electron chi connectivity index (χ4n) is 2.03. The van der Waals surface area contributed by atoms with E-state index >= 15 is 0 Å². The smallest absolute Gasteiger partial charge is 0.354 e. The fourth-order valence-corrected chi connectivity index (χ4v) is 2.03. The van der Waals surface area contributed by atoms with Crippen LogP contribution in [0.15, 0.2) is 24.4 Å². The number of aryl methyl sites for hydroxylation is 2. The first kappa shape index (κ1) is 13.3. The van der Waals surface area contributed by atoms with E-state index in [1.165, 1.54) is 6.20 Å². The van der Waals surface area contributed by atoms with Crippen molar-refractivity contribution in [2.45, 2.75) is 33.2 Å². The number of hydrogen-bond donors (Lipinski definition) is 1. The molecule has 0 radical (unpaired) electrons. The van der Waals surface area contributed by atoms with Crippen molar-refractivity contribution in [3.8, 4) is 0 Å². The van der Waals surface area contributed by atoms with Gasteiger partial charge in [0.25, 0.3) is 0 Å². The third-order valence-corrected chi connectivity index (χ3v) is 3.05. The van der Waals surface area contributed by atoms with E-state index in [0.717, 1.165) is 24.2 Å². The lowest BCUT2D eigenvalue weighted by Gasteiger charge is -2.08. The average molecular weight is 259 g/mol. The van der Waals surface area contributed by atoms with Crippen molar-refractivity contribution in [2.24, 2.45) is 0 Å². The third-order valence-electron chi connectivity index (χ3n) is 3.05. The van der Waals surface area contributed by atoms with Crippen molar-refractivity contribution in [1.29, 1.82) is 0 Å². The number of carbonyl (C=O) groups is 1. The van der Waals surface area contributed by atoms with Crippen molar-refractivity contribution >= 4 is 5.97 Å². The zero-order valence-electron chi connectivity index (χ0n) is 11.1. The monoisotopic (exact) mass is 259 g/mol. The van der Waals surface area contributed by atoms with Crippen LogP contribution >= 0.6 is 0 Å². The standard InChI is InChI=1S/C14H17N3O2/c1-3-11-8-12(4-2)17(16-11)9-10-6-5-7-15-13(10)14(18)19/h5-8H,3-4,9H2,1-2H3,(H,18,19). The third kappa shape index (κ3) is 2.81. The van der Waals surface area contributed by atoms with E-state index in [1.807, 2.05) is 4.68 Å². The van der Waals surface area contributed by atoms with Crippen LogP contribution < -0.4 is 0 Å². The summed E-state index contributed by atoms with van der Waals surface area (Å²) < 4.78 is 1.86. The lowest BCUT2D eigenvalue weighted by Crippen LogP contribution is -2.12. The van der Waals surface area contributed by atoms with Crippen LogP contribution in [0.1, 0.15) is 41.3 Å². The molecule has 19 heavy (non-hydrogen) atoms. The second kappa shape index (κ2) is 5.65. The summed E-state index contributed by atoms with van der Waals surface area (Å²) in [5.41, 5.74) is 2.91. The molecule has 0 atom stereocenters. The number of carboxylic acid groups (broad SMARTS) is 1. The van der Waals surface area contributed by atoms with E-state index in [9.17, 15) is 4.79 Å². The largest absolute Gasteiger partial charge is 0.477 e. The van der Waals surface area contributed by atoms with E-state index < -0.39 is 5.97 Å². The molecule has 0 saturated carbocycles. The molecule has 100 valence electrons. The van der Waals surface area contributed by atoms with Gasteiger partial charge < -0.3 is 5.11 Å². The molecule has 5 heteroatoms. The first-order valence-corrected chi connectivity index (χ1v) is 6.38. The number of nitrogens with zero attached hydrogens (tertiary/aromatic N) is 3. The van der Waals surface area contributed by atoms with Crippen LogP contribution in [-0.4, -0.2) is 25.8 Å². The molecule has 0 aromatic carbocycles. The molecule has 0 amide bonds. The molecular weight excluding hydrogens is 242 g/mol. The molecule has 2 rings (SSSR count). The molecule has 0 aliphatic rings. The highest BCUT2D eigenvalue weighted by Gasteiger charge is 2.13. The van der Waals surface area contributed by atoms with Crippen LogP contribution in [0, 0.1) is 0 Å². The quantitative estimate of drug-likeness (QED) is 0.893. The molecule has 0 aliphatic heterocycles. The molecule has 0 fully saturated rings. The van der Waals surface area contributed by atoms with Gasteiger partial charge in [0, 0.05) is 17.5 Å². The van der Waals surface area contributed by atoms with Crippen molar-refractivity contribution < 1.29 is 9.90 Å². The maximum absolute atomic E-state index is 11.1. The molecule has 0 aliphatic carbocycles. The molecule has 2 aromatic heterocycles. The Labute approximate surface area is 111 Å². The Morgan fingerprint density at radius 3 is 2.79 bits per heavy atom. The summed E-state index contributed by atoms with van der Waals surface area (Å²) in [7, 11) is 0. The lowest BCUT2D eigenvalue weighted by molar-refractivity contribution is 0.0689. The number of rotatable bonds is 5. The van der Waals surface area contributed by atoms with E-state index in [0.29, 0.717) is 12.1 Å². The SMILES string of the molecule is CCc1cc(CC)n(Cc2cccnc2C(=O)O)n1. The van der Waals surface area contributed by atoms with Crippen LogP contribution in [0.4, 0.5) is 0 Å².